The quantitative estimate of drug-likeness (QED) is 0.412. The zero-order valence-electron chi connectivity index (χ0n) is 19.0. The van der Waals surface area contributed by atoms with Gasteiger partial charge in [0.05, 0.1) is 42.1 Å². The van der Waals surface area contributed by atoms with Crippen LogP contribution < -0.4 is 15.4 Å². The smallest absolute Gasteiger partial charge is 0.434 e. The van der Waals surface area contributed by atoms with Crippen LogP contribution in [0.25, 0.3) is 0 Å². The molecule has 0 radical (unpaired) electrons. The number of hydrogen-bond donors (Lipinski definition) is 2. The van der Waals surface area contributed by atoms with Crippen LogP contribution >= 0.6 is 11.5 Å². The number of alkyl halides is 6. The molecule has 37 heavy (non-hydrogen) atoms. The predicted octanol–water partition coefficient (Wildman–Crippen LogP) is 4.67. The number of aromatic nitrogens is 4. The lowest BCUT2D eigenvalue weighted by atomic mass is 10.2. The Kier molecular flexibility index (Phi) is 7.49. The van der Waals surface area contributed by atoms with Gasteiger partial charge in [0, 0.05) is 19.2 Å². The van der Waals surface area contributed by atoms with Gasteiger partial charge in [0.1, 0.15) is 16.9 Å². The molecule has 1 atom stereocenters. The molecule has 1 saturated heterocycles. The minimum absolute atomic E-state index is 0.00502. The molecule has 1 aliphatic rings. The molecule has 3 aromatic rings. The van der Waals surface area contributed by atoms with Gasteiger partial charge in [0.2, 0.25) is 5.88 Å². The van der Waals surface area contributed by atoms with Crippen molar-refractivity contribution in [3.8, 4) is 5.88 Å². The van der Waals surface area contributed by atoms with E-state index in [1.807, 2.05) is 0 Å². The number of ether oxygens (including phenoxy) is 1. The van der Waals surface area contributed by atoms with Gasteiger partial charge in [-0.25, -0.2) is 15.0 Å². The van der Waals surface area contributed by atoms with E-state index in [2.05, 4.69) is 30.0 Å². The van der Waals surface area contributed by atoms with E-state index in [9.17, 15) is 31.1 Å². The average molecular weight is 547 g/mol. The lowest BCUT2D eigenvalue weighted by Crippen LogP contribution is -2.33. The molecule has 1 amide bonds. The number of aryl methyl sites for hydroxylation is 1. The fourth-order valence-corrected chi connectivity index (χ4v) is 4.36. The molecular formula is C21H19F6N7O2S. The monoisotopic (exact) mass is 547 g/mol. The van der Waals surface area contributed by atoms with Gasteiger partial charge in [0.15, 0.2) is 5.69 Å². The number of carbonyl (C=O) groups is 1. The average Bonchev–Trinajstić information content (AvgIpc) is 3.39. The number of anilines is 3. The normalized spacial score (nSPS) is 16.6. The Balaban J connectivity index is 1.36. The summed E-state index contributed by atoms with van der Waals surface area (Å²) >= 11 is 0.921. The minimum Gasteiger partial charge on any atom is -0.473 e. The maximum Gasteiger partial charge on any atom is 0.434 e. The van der Waals surface area contributed by atoms with E-state index in [4.69, 9.17) is 4.74 Å². The molecule has 0 aromatic carbocycles. The van der Waals surface area contributed by atoms with Crippen molar-refractivity contribution < 1.29 is 35.9 Å². The molecule has 1 fully saturated rings. The Hall–Kier alpha value is -3.53. The van der Waals surface area contributed by atoms with Crippen molar-refractivity contribution in [3.63, 3.8) is 0 Å². The second kappa shape index (κ2) is 10.5. The molecule has 16 heteroatoms. The van der Waals surface area contributed by atoms with Crippen LogP contribution in [-0.4, -0.2) is 62.0 Å². The zero-order valence-corrected chi connectivity index (χ0v) is 19.8. The Bertz CT molecular complexity index is 1230. The summed E-state index contributed by atoms with van der Waals surface area (Å²) in [4.78, 5) is 25.2. The van der Waals surface area contributed by atoms with Gasteiger partial charge in [-0.15, -0.1) is 0 Å². The summed E-state index contributed by atoms with van der Waals surface area (Å²) < 4.78 is 85.5. The number of halogens is 6. The summed E-state index contributed by atoms with van der Waals surface area (Å²) in [5.74, 6) is -0.356. The van der Waals surface area contributed by atoms with Crippen molar-refractivity contribution in [2.45, 2.75) is 31.8 Å². The van der Waals surface area contributed by atoms with E-state index < -0.39 is 36.6 Å². The summed E-state index contributed by atoms with van der Waals surface area (Å²) in [5, 5.41) is 5.65. The molecule has 9 nitrogen and oxygen atoms in total. The van der Waals surface area contributed by atoms with Gasteiger partial charge in [-0.05, 0) is 30.9 Å². The molecule has 4 rings (SSSR count). The predicted molar refractivity (Wildman–Crippen MR) is 121 cm³/mol. The number of pyridine rings is 1. The first-order valence-corrected chi connectivity index (χ1v) is 11.5. The SMILES string of the molecule is Cc1nsc(Nc2cnc(C(F)(F)F)cn2)c1C(=O)Nc1ccc(O[C@H]2CCN(CC(F)(F)F)C2)nc1. The number of carbonyl (C=O) groups excluding carboxylic acids is 1. The second-order valence-corrected chi connectivity index (χ2v) is 8.87. The number of amides is 1. The molecule has 0 spiro atoms. The maximum atomic E-state index is 12.9. The molecule has 1 aliphatic heterocycles. The number of likely N-dealkylation sites (tertiary alicyclic amines) is 1. The summed E-state index contributed by atoms with van der Waals surface area (Å²) in [6.45, 7) is 0.988. The largest absolute Gasteiger partial charge is 0.473 e. The van der Waals surface area contributed by atoms with Crippen molar-refractivity contribution in [2.75, 3.05) is 30.3 Å². The number of hydrogen-bond acceptors (Lipinski definition) is 9. The number of rotatable bonds is 7. The highest BCUT2D eigenvalue weighted by Crippen LogP contribution is 2.30. The first-order valence-electron chi connectivity index (χ1n) is 10.7. The van der Waals surface area contributed by atoms with Gasteiger partial charge in [-0.2, -0.15) is 30.7 Å². The molecule has 0 aliphatic carbocycles. The highest BCUT2D eigenvalue weighted by Gasteiger charge is 2.35. The third kappa shape index (κ3) is 7.03. The molecular weight excluding hydrogens is 528 g/mol. The standard InChI is InChI=1S/C21H19F6N7O2S/c1-11-17(19(37-33-11)32-15-8-28-14(7-29-15)21(25,26)27)18(35)31-12-2-3-16(30-6-12)36-13-4-5-34(9-13)10-20(22,23)24/h2-3,6-8,13H,4-5,9-10H2,1H3,(H,29,32)(H,31,35)/t13-/m0/s1. The summed E-state index contributed by atoms with van der Waals surface area (Å²) in [6, 6.07) is 3.00. The molecule has 0 saturated carbocycles. The fourth-order valence-electron chi connectivity index (χ4n) is 3.56. The van der Waals surface area contributed by atoms with Crippen LogP contribution in [0.15, 0.2) is 30.7 Å². The van der Waals surface area contributed by atoms with Gasteiger partial charge >= 0.3 is 12.4 Å². The van der Waals surface area contributed by atoms with Crippen molar-refractivity contribution >= 4 is 33.9 Å². The van der Waals surface area contributed by atoms with Crippen LogP contribution in [0.1, 0.15) is 28.2 Å². The highest BCUT2D eigenvalue weighted by molar-refractivity contribution is 7.10. The summed E-state index contributed by atoms with van der Waals surface area (Å²) in [7, 11) is 0. The molecule has 198 valence electrons. The fraction of sp³-hybridized carbons (Fsp3) is 0.381. The summed E-state index contributed by atoms with van der Waals surface area (Å²) in [6.07, 6.45) is -6.10. The summed E-state index contributed by atoms with van der Waals surface area (Å²) in [5.41, 5.74) is -0.304. The third-order valence-electron chi connectivity index (χ3n) is 5.19. The molecule has 2 N–H and O–H groups in total. The van der Waals surface area contributed by atoms with Crippen LogP contribution in [0.2, 0.25) is 0 Å². The minimum atomic E-state index is -4.63. The van der Waals surface area contributed by atoms with Crippen molar-refractivity contribution in [1.29, 1.82) is 0 Å². The topological polar surface area (TPSA) is 105 Å². The van der Waals surface area contributed by atoms with Crippen LogP contribution in [-0.2, 0) is 6.18 Å². The van der Waals surface area contributed by atoms with E-state index in [-0.39, 0.29) is 35.4 Å². The van der Waals surface area contributed by atoms with Crippen LogP contribution in [0.4, 0.5) is 42.8 Å². The lowest BCUT2D eigenvalue weighted by molar-refractivity contribution is -0.144. The number of nitrogens with one attached hydrogen (secondary N) is 2. The molecule has 3 aromatic heterocycles. The van der Waals surface area contributed by atoms with E-state index in [0.29, 0.717) is 24.0 Å². The molecule has 4 heterocycles. The van der Waals surface area contributed by atoms with Crippen molar-refractivity contribution in [1.82, 2.24) is 24.2 Å². The number of nitrogens with zero attached hydrogens (tertiary/aromatic N) is 5. The second-order valence-electron chi connectivity index (χ2n) is 8.10. The Morgan fingerprint density at radius 1 is 1.14 bits per heavy atom. The first-order chi connectivity index (χ1) is 17.4. The van der Waals surface area contributed by atoms with Gasteiger partial charge in [0.25, 0.3) is 5.91 Å². The van der Waals surface area contributed by atoms with E-state index in [1.165, 1.54) is 23.2 Å². The Morgan fingerprint density at radius 3 is 2.54 bits per heavy atom. The highest BCUT2D eigenvalue weighted by atomic mass is 32.1. The van der Waals surface area contributed by atoms with Crippen LogP contribution in [0.3, 0.4) is 0 Å². The van der Waals surface area contributed by atoms with Gasteiger partial charge in [-0.3, -0.25) is 9.69 Å². The van der Waals surface area contributed by atoms with E-state index in [1.54, 1.807) is 6.92 Å². The zero-order chi connectivity index (χ0) is 26.8. The van der Waals surface area contributed by atoms with E-state index in [0.717, 1.165) is 17.7 Å². The van der Waals surface area contributed by atoms with Crippen molar-refractivity contribution in [3.05, 3.63) is 47.7 Å². The van der Waals surface area contributed by atoms with E-state index >= 15 is 0 Å². The third-order valence-corrected chi connectivity index (χ3v) is 6.04. The lowest BCUT2D eigenvalue weighted by Gasteiger charge is -2.18. The van der Waals surface area contributed by atoms with Gasteiger partial charge in [-0.1, -0.05) is 0 Å². The van der Waals surface area contributed by atoms with Crippen LogP contribution in [0.5, 0.6) is 5.88 Å². The van der Waals surface area contributed by atoms with Crippen molar-refractivity contribution in [2.24, 2.45) is 0 Å². The first kappa shape index (κ1) is 26.5. The van der Waals surface area contributed by atoms with Gasteiger partial charge < -0.3 is 15.4 Å². The molecule has 0 bridgehead atoms. The molecule has 0 unspecified atom stereocenters. The Labute approximate surface area is 210 Å². The Morgan fingerprint density at radius 2 is 1.92 bits per heavy atom. The van der Waals surface area contributed by atoms with Crippen LogP contribution in [0, 0.1) is 6.92 Å². The maximum absolute atomic E-state index is 12.9.